The highest BCUT2D eigenvalue weighted by Gasteiger charge is 2.35. The van der Waals surface area contributed by atoms with E-state index < -0.39 is 0 Å². The molecule has 15 heavy (non-hydrogen) atoms. The fourth-order valence-corrected chi connectivity index (χ4v) is 2.94. The molecule has 1 N–H and O–H groups in total. The van der Waals surface area contributed by atoms with E-state index in [2.05, 4.69) is 5.32 Å². The summed E-state index contributed by atoms with van der Waals surface area (Å²) in [5, 5.41) is 3.51. The Morgan fingerprint density at radius 3 is 3.00 bits per heavy atom. The summed E-state index contributed by atoms with van der Waals surface area (Å²) in [6.07, 6.45) is 6.29. The monoisotopic (exact) mass is 211 g/mol. The highest BCUT2D eigenvalue weighted by molar-refractivity contribution is 5.72. The predicted molar refractivity (Wildman–Crippen MR) is 58.5 cm³/mol. The van der Waals surface area contributed by atoms with Gasteiger partial charge in [0.2, 0.25) is 0 Å². The van der Waals surface area contributed by atoms with E-state index in [1.807, 2.05) is 6.92 Å². The van der Waals surface area contributed by atoms with Gasteiger partial charge in [-0.3, -0.25) is 4.79 Å². The van der Waals surface area contributed by atoms with E-state index in [-0.39, 0.29) is 11.9 Å². The largest absolute Gasteiger partial charge is 0.466 e. The Hall–Kier alpha value is -0.570. The first-order valence-electron chi connectivity index (χ1n) is 6.21. The summed E-state index contributed by atoms with van der Waals surface area (Å²) in [6, 6.07) is 0.671. The van der Waals surface area contributed by atoms with Gasteiger partial charge in [-0.15, -0.1) is 0 Å². The summed E-state index contributed by atoms with van der Waals surface area (Å²) >= 11 is 0. The van der Waals surface area contributed by atoms with Crippen molar-refractivity contribution in [1.82, 2.24) is 5.32 Å². The van der Waals surface area contributed by atoms with Crippen LogP contribution in [0.1, 0.15) is 39.0 Å². The summed E-state index contributed by atoms with van der Waals surface area (Å²) in [7, 11) is 0. The molecule has 0 radical (unpaired) electrons. The van der Waals surface area contributed by atoms with Gasteiger partial charge in [0.05, 0.1) is 12.5 Å². The Morgan fingerprint density at radius 1 is 1.40 bits per heavy atom. The van der Waals surface area contributed by atoms with Gasteiger partial charge in [-0.05, 0) is 32.1 Å². The maximum atomic E-state index is 11.6. The van der Waals surface area contributed by atoms with E-state index >= 15 is 0 Å². The van der Waals surface area contributed by atoms with Gasteiger partial charge < -0.3 is 10.1 Å². The molecule has 1 unspecified atom stereocenters. The highest BCUT2D eigenvalue weighted by atomic mass is 16.5. The zero-order valence-corrected chi connectivity index (χ0v) is 9.50. The van der Waals surface area contributed by atoms with Gasteiger partial charge in [0.15, 0.2) is 0 Å². The lowest BCUT2D eigenvalue weighted by Crippen LogP contribution is -2.49. The van der Waals surface area contributed by atoms with Gasteiger partial charge in [0, 0.05) is 12.6 Å². The molecule has 0 aromatic rings. The van der Waals surface area contributed by atoms with Crippen LogP contribution in [0.2, 0.25) is 0 Å². The van der Waals surface area contributed by atoms with Crippen LogP contribution in [0.5, 0.6) is 0 Å². The van der Waals surface area contributed by atoms with Gasteiger partial charge in [0.25, 0.3) is 0 Å². The molecular formula is C12H21NO2. The lowest BCUT2D eigenvalue weighted by molar-refractivity contribution is -0.149. The third kappa shape index (κ3) is 2.51. The van der Waals surface area contributed by atoms with Gasteiger partial charge in [-0.1, -0.05) is 12.8 Å². The molecule has 1 saturated carbocycles. The number of nitrogens with one attached hydrogen (secondary N) is 1. The standard InChI is InChI=1S/C12H21NO2/c1-2-15-12(14)10-7-9-5-3-4-6-11(9)13-8-10/h9-11,13H,2-8H2,1H3/t9-,10?,11-/m0/s1. The van der Waals surface area contributed by atoms with Crippen LogP contribution in [-0.2, 0) is 9.53 Å². The summed E-state index contributed by atoms with van der Waals surface area (Å²) in [5.41, 5.74) is 0. The second kappa shape index (κ2) is 4.97. The number of fused-ring (bicyclic) bond motifs is 1. The van der Waals surface area contributed by atoms with Gasteiger partial charge in [0.1, 0.15) is 0 Å². The Labute approximate surface area is 91.6 Å². The van der Waals surface area contributed by atoms with E-state index in [4.69, 9.17) is 4.74 Å². The minimum atomic E-state index is -0.00553. The normalized spacial score (nSPS) is 35.7. The van der Waals surface area contributed by atoms with Crippen molar-refractivity contribution < 1.29 is 9.53 Å². The van der Waals surface area contributed by atoms with Crippen LogP contribution < -0.4 is 5.32 Å². The van der Waals surface area contributed by atoms with Gasteiger partial charge in [-0.2, -0.15) is 0 Å². The summed E-state index contributed by atoms with van der Waals surface area (Å²) in [5.74, 6) is 0.806. The Balaban J connectivity index is 1.87. The first-order chi connectivity index (χ1) is 7.31. The third-order valence-corrected chi connectivity index (χ3v) is 3.74. The molecule has 3 heteroatoms. The molecule has 1 saturated heterocycles. The Morgan fingerprint density at radius 2 is 2.20 bits per heavy atom. The summed E-state index contributed by atoms with van der Waals surface area (Å²) in [6.45, 7) is 3.20. The van der Waals surface area contributed by atoms with Crippen molar-refractivity contribution in [1.29, 1.82) is 0 Å². The number of hydrogen-bond donors (Lipinski definition) is 1. The molecule has 0 aromatic carbocycles. The van der Waals surface area contributed by atoms with Crippen LogP contribution in [0, 0.1) is 11.8 Å². The number of rotatable bonds is 2. The zero-order valence-electron chi connectivity index (χ0n) is 9.50. The van der Waals surface area contributed by atoms with Crippen molar-refractivity contribution in [2.24, 2.45) is 11.8 Å². The van der Waals surface area contributed by atoms with E-state index in [9.17, 15) is 4.79 Å². The molecule has 86 valence electrons. The van der Waals surface area contributed by atoms with Crippen LogP contribution in [0.3, 0.4) is 0 Å². The molecule has 2 rings (SSSR count). The first kappa shape index (κ1) is 10.9. The molecular weight excluding hydrogens is 190 g/mol. The molecule has 1 heterocycles. The number of esters is 1. The number of ether oxygens (including phenoxy) is 1. The van der Waals surface area contributed by atoms with Crippen LogP contribution in [-0.4, -0.2) is 25.2 Å². The zero-order chi connectivity index (χ0) is 10.7. The molecule has 2 fully saturated rings. The maximum absolute atomic E-state index is 11.6. The quantitative estimate of drug-likeness (QED) is 0.707. The van der Waals surface area contributed by atoms with Crippen molar-refractivity contribution >= 4 is 5.97 Å². The highest BCUT2D eigenvalue weighted by Crippen LogP contribution is 2.33. The van der Waals surface area contributed by atoms with E-state index in [1.165, 1.54) is 25.7 Å². The van der Waals surface area contributed by atoms with Crippen molar-refractivity contribution in [3.63, 3.8) is 0 Å². The van der Waals surface area contributed by atoms with Crippen molar-refractivity contribution in [2.45, 2.75) is 45.1 Å². The SMILES string of the molecule is CCOC(=O)C1CN[C@H]2CCCC[C@H]2C1. The number of carbonyl (C=O) groups excluding carboxylic acids is 1. The van der Waals surface area contributed by atoms with Crippen molar-refractivity contribution in [2.75, 3.05) is 13.2 Å². The second-order valence-corrected chi connectivity index (χ2v) is 4.74. The summed E-state index contributed by atoms with van der Waals surface area (Å²) in [4.78, 5) is 11.6. The van der Waals surface area contributed by atoms with E-state index in [0.717, 1.165) is 13.0 Å². The van der Waals surface area contributed by atoms with E-state index in [1.54, 1.807) is 0 Å². The molecule has 3 atom stereocenters. The van der Waals surface area contributed by atoms with Gasteiger partial charge >= 0.3 is 5.97 Å². The minimum Gasteiger partial charge on any atom is -0.466 e. The first-order valence-corrected chi connectivity index (χ1v) is 6.21. The Kier molecular flexibility index (Phi) is 3.62. The predicted octanol–water partition coefficient (Wildman–Crippen LogP) is 1.72. The van der Waals surface area contributed by atoms with Crippen molar-refractivity contribution in [3.8, 4) is 0 Å². The molecule has 1 aliphatic carbocycles. The molecule has 0 bridgehead atoms. The molecule has 1 aliphatic heterocycles. The van der Waals surface area contributed by atoms with Crippen molar-refractivity contribution in [3.05, 3.63) is 0 Å². The van der Waals surface area contributed by atoms with Crippen LogP contribution in [0.4, 0.5) is 0 Å². The minimum absolute atomic E-state index is 0.00553. The maximum Gasteiger partial charge on any atom is 0.310 e. The van der Waals surface area contributed by atoms with Crippen LogP contribution in [0.25, 0.3) is 0 Å². The second-order valence-electron chi connectivity index (χ2n) is 4.74. The molecule has 2 aliphatic rings. The molecule has 0 amide bonds. The van der Waals surface area contributed by atoms with Crippen LogP contribution in [0.15, 0.2) is 0 Å². The third-order valence-electron chi connectivity index (χ3n) is 3.74. The lowest BCUT2D eigenvalue weighted by atomic mass is 9.76. The number of carbonyl (C=O) groups is 1. The number of piperidine rings is 1. The fraction of sp³-hybridized carbons (Fsp3) is 0.917. The van der Waals surface area contributed by atoms with Gasteiger partial charge in [-0.25, -0.2) is 0 Å². The summed E-state index contributed by atoms with van der Waals surface area (Å²) < 4.78 is 5.08. The van der Waals surface area contributed by atoms with E-state index in [0.29, 0.717) is 18.6 Å². The fourth-order valence-electron chi connectivity index (χ4n) is 2.94. The molecule has 3 nitrogen and oxygen atoms in total. The molecule has 0 spiro atoms. The Bertz CT molecular complexity index is 230. The molecule has 0 aromatic heterocycles. The number of hydrogen-bond acceptors (Lipinski definition) is 3. The van der Waals surface area contributed by atoms with Crippen LogP contribution >= 0.6 is 0 Å². The average Bonchev–Trinajstić information content (AvgIpc) is 2.29. The topological polar surface area (TPSA) is 38.3 Å². The average molecular weight is 211 g/mol. The smallest absolute Gasteiger partial charge is 0.310 e. The lowest BCUT2D eigenvalue weighted by Gasteiger charge is -2.39.